The van der Waals surface area contributed by atoms with Gasteiger partial charge in [0.2, 0.25) is 0 Å². The number of fused-ring (bicyclic) bond motifs is 5. The summed E-state index contributed by atoms with van der Waals surface area (Å²) < 4.78 is 0. The number of rotatable bonds is 1. The van der Waals surface area contributed by atoms with Gasteiger partial charge in [0.15, 0.2) is 0 Å². The van der Waals surface area contributed by atoms with Crippen molar-refractivity contribution < 1.29 is 5.21 Å². The highest BCUT2D eigenvalue weighted by Gasteiger charge is 2.57. The summed E-state index contributed by atoms with van der Waals surface area (Å²) >= 11 is 0. The van der Waals surface area contributed by atoms with Crippen LogP contribution in [0.1, 0.15) is 65.2 Å². The van der Waals surface area contributed by atoms with Gasteiger partial charge >= 0.3 is 0 Å². The molecule has 5 rings (SSSR count). The molecule has 0 aromatic heterocycles. The fourth-order valence-corrected chi connectivity index (χ4v) is 7.71. The number of hydrogen-bond donors (Lipinski definition) is 2. The maximum absolute atomic E-state index is 9.80. The molecule has 3 fully saturated rings. The summed E-state index contributed by atoms with van der Waals surface area (Å²) in [6.45, 7) is 5.10. The first-order valence-electron chi connectivity index (χ1n) is 11.3. The lowest BCUT2D eigenvalue weighted by Crippen LogP contribution is -2.51. The van der Waals surface area contributed by atoms with E-state index < -0.39 is 0 Å². The van der Waals surface area contributed by atoms with E-state index in [0.717, 1.165) is 42.0 Å². The topological polar surface area (TPSA) is 44.6 Å². The van der Waals surface area contributed by atoms with Gasteiger partial charge in [0, 0.05) is 11.9 Å². The van der Waals surface area contributed by atoms with Gasteiger partial charge in [-0.15, -0.1) is 0 Å². The third-order valence-corrected chi connectivity index (χ3v) is 9.13. The Balaban J connectivity index is 1.55. The zero-order valence-corrected chi connectivity index (χ0v) is 17.3. The molecule has 1 aliphatic heterocycles. The Hall–Kier alpha value is -1.77. The van der Waals surface area contributed by atoms with E-state index >= 15 is 0 Å². The number of allylic oxidation sites excluding steroid dienone is 6. The number of oxime groups is 1. The number of nitrogens with one attached hydrogen (secondary N) is 1. The van der Waals surface area contributed by atoms with Gasteiger partial charge in [-0.3, -0.25) is 0 Å². The van der Waals surface area contributed by atoms with Crippen molar-refractivity contribution in [2.45, 2.75) is 65.2 Å². The van der Waals surface area contributed by atoms with Crippen LogP contribution < -0.4 is 5.32 Å². The van der Waals surface area contributed by atoms with Gasteiger partial charge in [-0.25, -0.2) is 0 Å². The largest absolute Gasteiger partial charge is 0.411 e. The molecule has 0 aromatic carbocycles. The van der Waals surface area contributed by atoms with Crippen molar-refractivity contribution in [2.24, 2.45) is 39.7 Å². The van der Waals surface area contributed by atoms with E-state index in [1.54, 1.807) is 0 Å². The van der Waals surface area contributed by atoms with E-state index in [0.29, 0.717) is 5.41 Å². The summed E-state index contributed by atoms with van der Waals surface area (Å²) in [5, 5.41) is 17.0. The van der Waals surface area contributed by atoms with Crippen LogP contribution in [0.2, 0.25) is 0 Å². The molecule has 2 N–H and O–H groups in total. The van der Waals surface area contributed by atoms with E-state index in [1.165, 1.54) is 44.1 Å². The molecule has 28 heavy (non-hydrogen) atoms. The Morgan fingerprint density at radius 2 is 1.96 bits per heavy atom. The second kappa shape index (κ2) is 6.64. The van der Waals surface area contributed by atoms with Crippen molar-refractivity contribution in [3.63, 3.8) is 0 Å². The molecule has 3 saturated carbocycles. The first kappa shape index (κ1) is 18.3. The Morgan fingerprint density at radius 1 is 1.07 bits per heavy atom. The van der Waals surface area contributed by atoms with Crippen LogP contribution in [-0.4, -0.2) is 10.9 Å². The summed E-state index contributed by atoms with van der Waals surface area (Å²) in [5.41, 5.74) is 4.40. The molecule has 0 amide bonds. The molecule has 1 unspecified atom stereocenters. The second-order valence-electron chi connectivity index (χ2n) is 10.3. The van der Waals surface area contributed by atoms with Gasteiger partial charge in [0.05, 0.1) is 11.6 Å². The Bertz CT molecular complexity index is 803. The smallest absolute Gasteiger partial charge is 0.0701 e. The van der Waals surface area contributed by atoms with Crippen LogP contribution in [0.4, 0.5) is 0 Å². The van der Waals surface area contributed by atoms with E-state index in [9.17, 15) is 5.21 Å². The third kappa shape index (κ3) is 2.58. The zero-order chi connectivity index (χ0) is 19.4. The van der Waals surface area contributed by atoms with Crippen LogP contribution in [0.5, 0.6) is 0 Å². The van der Waals surface area contributed by atoms with Crippen molar-refractivity contribution in [1.29, 1.82) is 0 Å². The average molecular weight is 379 g/mol. The average Bonchev–Trinajstić information content (AvgIpc) is 2.91. The van der Waals surface area contributed by atoms with Gasteiger partial charge in [-0.1, -0.05) is 49.2 Å². The van der Waals surface area contributed by atoms with Crippen molar-refractivity contribution in [1.82, 2.24) is 5.32 Å². The van der Waals surface area contributed by atoms with Crippen LogP contribution in [0, 0.1) is 34.5 Å². The first-order chi connectivity index (χ1) is 13.6. The Kier molecular flexibility index (Phi) is 4.33. The second-order valence-corrected chi connectivity index (χ2v) is 10.3. The monoisotopic (exact) mass is 378 g/mol. The van der Waals surface area contributed by atoms with Crippen LogP contribution in [-0.2, 0) is 0 Å². The van der Waals surface area contributed by atoms with Gasteiger partial charge in [0.1, 0.15) is 0 Å². The Labute approximate surface area is 169 Å². The van der Waals surface area contributed by atoms with Crippen LogP contribution in [0.15, 0.2) is 53.0 Å². The quantitative estimate of drug-likeness (QED) is 0.336. The SMILES string of the molecule is C[C@@]12CCC[C@H]1[C@@H]1CC=C3C(C4=CC=CC=CN4)C(=NO)CC[C@]3(C)[C@H]1CC2. The lowest BCUT2D eigenvalue weighted by atomic mass is 9.47. The van der Waals surface area contributed by atoms with Crippen molar-refractivity contribution >= 4 is 5.71 Å². The summed E-state index contributed by atoms with van der Waals surface area (Å²) in [4.78, 5) is 0. The van der Waals surface area contributed by atoms with Gasteiger partial charge in [-0.05, 0) is 85.7 Å². The fraction of sp³-hybridized carbons (Fsp3) is 0.640. The minimum atomic E-state index is 0.0917. The number of hydrogen-bond acceptors (Lipinski definition) is 3. The lowest BCUT2D eigenvalue weighted by Gasteiger charge is -2.58. The molecule has 1 heterocycles. The molecule has 3 heteroatoms. The predicted molar refractivity (Wildman–Crippen MR) is 114 cm³/mol. The van der Waals surface area contributed by atoms with Crippen LogP contribution >= 0.6 is 0 Å². The number of nitrogens with zero attached hydrogens (tertiary/aromatic N) is 1. The van der Waals surface area contributed by atoms with Crippen LogP contribution in [0.25, 0.3) is 0 Å². The van der Waals surface area contributed by atoms with Gasteiger partial charge in [-0.2, -0.15) is 0 Å². The summed E-state index contributed by atoms with van der Waals surface area (Å²) in [7, 11) is 0. The van der Waals surface area contributed by atoms with Crippen molar-refractivity contribution in [3.05, 3.63) is 47.9 Å². The normalized spacial score (nSPS) is 46.0. The predicted octanol–water partition coefficient (Wildman–Crippen LogP) is 5.95. The first-order valence-corrected chi connectivity index (χ1v) is 11.3. The lowest BCUT2D eigenvalue weighted by molar-refractivity contribution is -0.0225. The molecule has 0 spiro atoms. The summed E-state index contributed by atoms with van der Waals surface area (Å²) in [5.74, 6) is 2.63. The molecule has 5 aliphatic rings. The van der Waals surface area contributed by atoms with Crippen LogP contribution in [0.3, 0.4) is 0 Å². The van der Waals surface area contributed by atoms with Crippen molar-refractivity contribution in [3.8, 4) is 0 Å². The molecule has 4 aliphatic carbocycles. The minimum absolute atomic E-state index is 0.0917. The maximum atomic E-state index is 9.80. The molecule has 0 aromatic rings. The molecular weight excluding hydrogens is 344 g/mol. The highest BCUT2D eigenvalue weighted by molar-refractivity contribution is 5.93. The molecule has 0 saturated heterocycles. The van der Waals surface area contributed by atoms with E-state index in [-0.39, 0.29) is 11.3 Å². The van der Waals surface area contributed by atoms with Gasteiger partial charge < -0.3 is 10.5 Å². The van der Waals surface area contributed by atoms with Gasteiger partial charge in [0.25, 0.3) is 0 Å². The minimum Gasteiger partial charge on any atom is -0.411 e. The highest BCUT2D eigenvalue weighted by atomic mass is 16.4. The fourth-order valence-electron chi connectivity index (χ4n) is 7.71. The van der Waals surface area contributed by atoms with E-state index in [4.69, 9.17) is 0 Å². The highest BCUT2D eigenvalue weighted by Crippen LogP contribution is 2.65. The third-order valence-electron chi connectivity index (χ3n) is 9.13. The molecule has 150 valence electrons. The molecule has 3 nitrogen and oxygen atoms in total. The van der Waals surface area contributed by atoms with E-state index in [1.807, 2.05) is 18.4 Å². The molecule has 6 atom stereocenters. The molecule has 0 bridgehead atoms. The zero-order valence-electron chi connectivity index (χ0n) is 17.3. The maximum Gasteiger partial charge on any atom is 0.0701 e. The summed E-state index contributed by atoms with van der Waals surface area (Å²) in [6, 6.07) is 0. The Morgan fingerprint density at radius 3 is 2.82 bits per heavy atom. The molecule has 0 radical (unpaired) electrons. The van der Waals surface area contributed by atoms with E-state index in [2.05, 4.69) is 42.5 Å². The standard InChI is InChI=1S/C25H34N2O/c1-24-13-6-7-18(24)17-9-10-20-23(21-8-4-3-5-16-26-21)22(27-28)12-15-25(20,2)19(17)11-14-24/h3-5,8,10,16-19,23,26,28H,6-7,9,11-15H2,1-2H3/t17-,18-,19-,23?,24-,25+/m0/s1. The van der Waals surface area contributed by atoms with Crippen molar-refractivity contribution in [2.75, 3.05) is 0 Å². The summed E-state index contributed by atoms with van der Waals surface area (Å²) in [6.07, 6.45) is 23.2. The molecular formula is C25H34N2O.